The number of rotatable bonds is 5. The van der Waals surface area contributed by atoms with Crippen molar-refractivity contribution in [1.82, 2.24) is 8.54 Å². The highest BCUT2D eigenvalue weighted by Gasteiger charge is 2.24. The summed E-state index contributed by atoms with van der Waals surface area (Å²) in [7, 11) is -2.39. The molecule has 5 nitrogen and oxygen atoms in total. The van der Waals surface area contributed by atoms with Gasteiger partial charge in [-0.1, -0.05) is 49.4 Å². The number of fused-ring (bicyclic) bond motifs is 1. The van der Waals surface area contributed by atoms with Gasteiger partial charge in [-0.15, -0.1) is 0 Å². The normalized spacial score (nSPS) is 12.9. The molecule has 0 amide bonds. The molecular weight excluding hydrogens is 422 g/mol. The van der Waals surface area contributed by atoms with Crippen LogP contribution in [0.1, 0.15) is 29.5 Å². The van der Waals surface area contributed by atoms with Gasteiger partial charge in [0.05, 0.1) is 5.75 Å². The molecule has 0 aliphatic rings. The SMILES string of the molecule is CC(c1cccc(F)c1F)c1cn(C)c(=O)c2c1ccn2S(=O)(=O)Cc1ccccc1. The minimum absolute atomic E-state index is 0.0143. The van der Waals surface area contributed by atoms with Gasteiger partial charge >= 0.3 is 0 Å². The predicted molar refractivity (Wildman–Crippen MR) is 116 cm³/mol. The van der Waals surface area contributed by atoms with E-state index in [2.05, 4.69) is 0 Å². The van der Waals surface area contributed by atoms with Crippen molar-refractivity contribution < 1.29 is 17.2 Å². The summed E-state index contributed by atoms with van der Waals surface area (Å²) in [5, 5.41) is 0.385. The Morgan fingerprint density at radius 2 is 1.68 bits per heavy atom. The van der Waals surface area contributed by atoms with E-state index >= 15 is 0 Å². The molecule has 8 heteroatoms. The predicted octanol–water partition coefficient (Wildman–Crippen LogP) is 4.15. The van der Waals surface area contributed by atoms with Crippen LogP contribution in [0.25, 0.3) is 10.9 Å². The molecule has 2 aromatic carbocycles. The molecular formula is C23H20F2N2O3S. The maximum Gasteiger partial charge on any atom is 0.275 e. The van der Waals surface area contributed by atoms with Gasteiger partial charge in [0, 0.05) is 30.7 Å². The highest BCUT2D eigenvalue weighted by atomic mass is 32.2. The average Bonchev–Trinajstić information content (AvgIpc) is 3.19. The Hall–Kier alpha value is -3.26. The highest BCUT2D eigenvalue weighted by molar-refractivity contribution is 7.89. The van der Waals surface area contributed by atoms with Crippen molar-refractivity contribution in [2.45, 2.75) is 18.6 Å². The largest absolute Gasteiger partial charge is 0.316 e. The number of pyridine rings is 1. The van der Waals surface area contributed by atoms with Crippen LogP contribution in [0.3, 0.4) is 0 Å². The van der Waals surface area contributed by atoms with Crippen LogP contribution in [0, 0.1) is 11.6 Å². The number of hydrogen-bond acceptors (Lipinski definition) is 3. The molecule has 0 radical (unpaired) electrons. The van der Waals surface area contributed by atoms with E-state index in [0.717, 1.165) is 10.0 Å². The molecule has 4 aromatic rings. The van der Waals surface area contributed by atoms with E-state index in [1.165, 1.54) is 42.2 Å². The first-order valence-electron chi connectivity index (χ1n) is 9.62. The second-order valence-electron chi connectivity index (χ2n) is 7.48. The second-order valence-corrected chi connectivity index (χ2v) is 9.33. The molecule has 160 valence electrons. The van der Waals surface area contributed by atoms with Crippen LogP contribution >= 0.6 is 0 Å². The van der Waals surface area contributed by atoms with E-state index < -0.39 is 33.1 Å². The topological polar surface area (TPSA) is 61.1 Å². The standard InChI is InChI=1S/C23H20F2N2O3S/c1-15(17-9-6-10-20(24)21(17)25)19-13-26(2)23(28)22-18(19)11-12-27(22)31(29,30)14-16-7-4-3-5-8-16/h3-13,15H,14H2,1-2H3. The molecule has 31 heavy (non-hydrogen) atoms. The zero-order valence-corrected chi connectivity index (χ0v) is 17.7. The van der Waals surface area contributed by atoms with Crippen LogP contribution in [0.15, 0.2) is 71.8 Å². The van der Waals surface area contributed by atoms with Crippen molar-refractivity contribution in [3.05, 3.63) is 106 Å². The lowest BCUT2D eigenvalue weighted by Crippen LogP contribution is -2.24. The summed E-state index contributed by atoms with van der Waals surface area (Å²) in [5.41, 5.74) is 0.731. The smallest absolute Gasteiger partial charge is 0.275 e. The second kappa shape index (κ2) is 7.77. The summed E-state index contributed by atoms with van der Waals surface area (Å²) in [4.78, 5) is 12.9. The van der Waals surface area contributed by atoms with Crippen LogP contribution in [0.4, 0.5) is 8.78 Å². The van der Waals surface area contributed by atoms with Gasteiger partial charge in [0.25, 0.3) is 5.56 Å². The molecule has 0 aliphatic heterocycles. The summed E-state index contributed by atoms with van der Waals surface area (Å²) in [6.45, 7) is 1.69. The third-order valence-electron chi connectivity index (χ3n) is 5.42. The fourth-order valence-corrected chi connectivity index (χ4v) is 5.27. The van der Waals surface area contributed by atoms with Gasteiger partial charge < -0.3 is 4.57 Å². The monoisotopic (exact) mass is 442 g/mol. The third-order valence-corrected chi connectivity index (χ3v) is 7.03. The van der Waals surface area contributed by atoms with Gasteiger partial charge in [-0.25, -0.2) is 21.2 Å². The maximum atomic E-state index is 14.4. The fourth-order valence-electron chi connectivity index (χ4n) is 3.81. The van der Waals surface area contributed by atoms with Gasteiger partial charge in [-0.05, 0) is 28.8 Å². The van der Waals surface area contributed by atoms with Crippen LogP contribution < -0.4 is 5.56 Å². The Kier molecular flexibility index (Phi) is 5.26. The first-order chi connectivity index (χ1) is 14.7. The summed E-state index contributed by atoms with van der Waals surface area (Å²) in [6, 6.07) is 14.1. The molecule has 0 N–H and O–H groups in total. The maximum absolute atomic E-state index is 14.4. The van der Waals surface area contributed by atoms with Crippen molar-refractivity contribution in [3.8, 4) is 0 Å². The Labute approximate surface area is 178 Å². The molecule has 2 heterocycles. The molecule has 0 saturated heterocycles. The van der Waals surface area contributed by atoms with Crippen molar-refractivity contribution >= 4 is 20.9 Å². The van der Waals surface area contributed by atoms with Crippen molar-refractivity contribution in [1.29, 1.82) is 0 Å². The lowest BCUT2D eigenvalue weighted by molar-refractivity contribution is 0.496. The van der Waals surface area contributed by atoms with E-state index in [0.29, 0.717) is 16.5 Å². The number of benzene rings is 2. The summed E-state index contributed by atoms with van der Waals surface area (Å²) >= 11 is 0. The van der Waals surface area contributed by atoms with Crippen molar-refractivity contribution in [2.24, 2.45) is 7.05 Å². The third kappa shape index (κ3) is 3.67. The van der Waals surface area contributed by atoms with E-state index in [9.17, 15) is 22.0 Å². The quantitative estimate of drug-likeness (QED) is 0.467. The number of hydrogen-bond donors (Lipinski definition) is 0. The zero-order chi connectivity index (χ0) is 22.3. The number of aryl methyl sites for hydroxylation is 1. The Morgan fingerprint density at radius 1 is 0.968 bits per heavy atom. The molecule has 4 rings (SSSR count). The molecule has 0 fully saturated rings. The highest BCUT2D eigenvalue weighted by Crippen LogP contribution is 2.32. The van der Waals surface area contributed by atoms with Crippen LogP contribution in [0.5, 0.6) is 0 Å². The van der Waals surface area contributed by atoms with E-state index in [4.69, 9.17) is 0 Å². The lowest BCUT2D eigenvalue weighted by atomic mass is 9.91. The van der Waals surface area contributed by atoms with Crippen LogP contribution in [-0.2, 0) is 22.8 Å². The van der Waals surface area contributed by atoms with Crippen molar-refractivity contribution in [3.63, 3.8) is 0 Å². The Morgan fingerprint density at radius 3 is 2.39 bits per heavy atom. The van der Waals surface area contributed by atoms with Crippen LogP contribution in [0.2, 0.25) is 0 Å². The molecule has 0 aliphatic carbocycles. The van der Waals surface area contributed by atoms with Crippen LogP contribution in [-0.4, -0.2) is 17.0 Å². The summed E-state index contributed by atoms with van der Waals surface area (Å²) < 4.78 is 56.6. The Bertz CT molecular complexity index is 1440. The van der Waals surface area contributed by atoms with Gasteiger partial charge in [0.2, 0.25) is 10.0 Å². The minimum atomic E-state index is -3.89. The summed E-state index contributed by atoms with van der Waals surface area (Å²) in [5.74, 6) is -2.82. The fraction of sp³-hybridized carbons (Fsp3) is 0.174. The molecule has 0 spiro atoms. The van der Waals surface area contributed by atoms with Crippen molar-refractivity contribution in [2.75, 3.05) is 0 Å². The summed E-state index contributed by atoms with van der Waals surface area (Å²) in [6.07, 6.45) is 2.87. The number of halogens is 2. The molecule has 0 saturated carbocycles. The minimum Gasteiger partial charge on any atom is -0.316 e. The average molecular weight is 442 g/mol. The Balaban J connectivity index is 1.90. The molecule has 0 bridgehead atoms. The molecule has 2 aromatic heterocycles. The molecule has 1 atom stereocenters. The van der Waals surface area contributed by atoms with Gasteiger partial charge in [-0.2, -0.15) is 0 Å². The number of nitrogens with zero attached hydrogens (tertiary/aromatic N) is 2. The molecule has 1 unspecified atom stereocenters. The van der Waals surface area contributed by atoms with Gasteiger partial charge in [0.15, 0.2) is 11.6 Å². The lowest BCUT2D eigenvalue weighted by Gasteiger charge is -2.17. The first-order valence-corrected chi connectivity index (χ1v) is 11.2. The first kappa shape index (κ1) is 21.0. The van der Waals surface area contributed by atoms with E-state index in [1.807, 2.05) is 0 Å². The van der Waals surface area contributed by atoms with E-state index in [1.54, 1.807) is 37.3 Å². The number of aromatic nitrogens is 2. The van der Waals surface area contributed by atoms with Gasteiger partial charge in [-0.3, -0.25) is 4.79 Å². The van der Waals surface area contributed by atoms with Gasteiger partial charge in [0.1, 0.15) is 5.52 Å². The zero-order valence-electron chi connectivity index (χ0n) is 16.9. The van der Waals surface area contributed by atoms with E-state index in [-0.39, 0.29) is 16.8 Å².